The van der Waals surface area contributed by atoms with Crippen LogP contribution in [0.5, 0.6) is 0 Å². The van der Waals surface area contributed by atoms with Crippen LogP contribution in [-0.4, -0.2) is 16.3 Å². The summed E-state index contributed by atoms with van der Waals surface area (Å²) in [4.78, 5) is 5.65. The molecule has 0 saturated heterocycles. The number of nitrogens with zero attached hydrogens (tertiary/aromatic N) is 4. The molecular formula is C16H12ClF3N4S. The van der Waals surface area contributed by atoms with E-state index in [4.69, 9.17) is 23.8 Å². The third kappa shape index (κ3) is 3.50. The number of benzene rings is 1. The van der Waals surface area contributed by atoms with Gasteiger partial charge in [0.15, 0.2) is 6.17 Å². The summed E-state index contributed by atoms with van der Waals surface area (Å²) in [5.74, 6) is -0.417. The lowest BCUT2D eigenvalue weighted by Gasteiger charge is -2.27. The Labute approximate surface area is 152 Å². The van der Waals surface area contributed by atoms with E-state index >= 15 is 0 Å². The molecule has 4 nitrogen and oxygen atoms in total. The van der Waals surface area contributed by atoms with Gasteiger partial charge in [-0.25, -0.2) is 0 Å². The molecule has 1 aliphatic heterocycles. The Kier molecular flexibility index (Phi) is 4.75. The monoisotopic (exact) mass is 384 g/mol. The summed E-state index contributed by atoms with van der Waals surface area (Å²) in [5, 5.41) is 8.31. The van der Waals surface area contributed by atoms with E-state index in [1.807, 2.05) is 30.3 Å². The van der Waals surface area contributed by atoms with Gasteiger partial charge in [-0.05, 0) is 30.4 Å². The molecule has 130 valence electrons. The number of halogens is 4. The van der Waals surface area contributed by atoms with Gasteiger partial charge in [-0.1, -0.05) is 36.7 Å². The van der Waals surface area contributed by atoms with Gasteiger partial charge in [0, 0.05) is 17.8 Å². The fraction of sp³-hybridized carbons (Fsp3) is 0.250. The van der Waals surface area contributed by atoms with Gasteiger partial charge >= 0.3 is 6.18 Å². The van der Waals surface area contributed by atoms with Crippen LogP contribution in [0.4, 0.5) is 18.9 Å². The van der Waals surface area contributed by atoms with E-state index in [2.05, 4.69) is 15.2 Å². The largest absolute Gasteiger partial charge is 0.417 e. The lowest BCUT2D eigenvalue weighted by Crippen LogP contribution is -2.36. The molecule has 2 unspecified atom stereocenters. The summed E-state index contributed by atoms with van der Waals surface area (Å²) >= 11 is 11.3. The lowest BCUT2D eigenvalue weighted by atomic mass is 10.0. The molecular weight excluding hydrogens is 373 g/mol. The second kappa shape index (κ2) is 6.68. The molecule has 0 spiro atoms. The second-order valence-corrected chi connectivity index (χ2v) is 6.27. The van der Waals surface area contributed by atoms with Crippen molar-refractivity contribution in [2.24, 2.45) is 10.2 Å². The highest BCUT2D eigenvalue weighted by Crippen LogP contribution is 2.37. The zero-order valence-corrected chi connectivity index (χ0v) is 14.5. The molecule has 25 heavy (non-hydrogen) atoms. The molecule has 2 heterocycles. The van der Waals surface area contributed by atoms with E-state index < -0.39 is 23.8 Å². The molecule has 1 aliphatic rings. The van der Waals surface area contributed by atoms with Crippen molar-refractivity contribution in [1.82, 2.24) is 4.98 Å². The summed E-state index contributed by atoms with van der Waals surface area (Å²) < 4.78 is 38.3. The first-order chi connectivity index (χ1) is 11.8. The number of para-hydroxylation sites is 1. The van der Waals surface area contributed by atoms with Crippen molar-refractivity contribution in [2.45, 2.75) is 25.2 Å². The van der Waals surface area contributed by atoms with Gasteiger partial charge in [0.25, 0.3) is 0 Å². The van der Waals surface area contributed by atoms with Crippen molar-refractivity contribution in [3.8, 4) is 0 Å². The fourth-order valence-corrected chi connectivity index (χ4v) is 3.18. The highest BCUT2D eigenvalue weighted by molar-refractivity contribution is 7.80. The lowest BCUT2D eigenvalue weighted by molar-refractivity contribution is -0.137. The Morgan fingerprint density at radius 3 is 2.52 bits per heavy atom. The summed E-state index contributed by atoms with van der Waals surface area (Å²) in [6, 6.07) is 10.1. The first-order valence-corrected chi connectivity index (χ1v) is 8.09. The van der Waals surface area contributed by atoms with Crippen LogP contribution in [0.25, 0.3) is 0 Å². The number of thiocarbonyl (C=S) groups is 1. The standard InChI is InChI=1S/C16H12ClF3N4S/c1-9(13-12(17)7-10(8-21-13)16(18,19)20)14-22-23-15(25)24(14)11-5-3-2-4-6-11/h2-9,14H,1H3. The number of pyridine rings is 1. The Hall–Kier alpha value is -2.06. The van der Waals surface area contributed by atoms with Crippen LogP contribution in [0.15, 0.2) is 52.8 Å². The van der Waals surface area contributed by atoms with Crippen LogP contribution in [0.3, 0.4) is 0 Å². The number of azo groups is 1. The summed E-state index contributed by atoms with van der Waals surface area (Å²) in [6.45, 7) is 1.77. The predicted molar refractivity (Wildman–Crippen MR) is 92.8 cm³/mol. The van der Waals surface area contributed by atoms with Crippen molar-refractivity contribution in [3.05, 3.63) is 58.9 Å². The number of rotatable bonds is 3. The smallest absolute Gasteiger partial charge is 0.290 e. The molecule has 0 fully saturated rings. The predicted octanol–water partition coefficient (Wildman–Crippen LogP) is 5.44. The first kappa shape index (κ1) is 17.8. The highest BCUT2D eigenvalue weighted by Gasteiger charge is 2.36. The second-order valence-electron chi connectivity index (χ2n) is 5.49. The van der Waals surface area contributed by atoms with Crippen molar-refractivity contribution < 1.29 is 13.2 Å². The van der Waals surface area contributed by atoms with Crippen molar-refractivity contribution >= 4 is 34.6 Å². The van der Waals surface area contributed by atoms with Crippen LogP contribution in [0.2, 0.25) is 5.02 Å². The summed E-state index contributed by atoms with van der Waals surface area (Å²) in [7, 11) is 0. The fourth-order valence-electron chi connectivity index (χ4n) is 2.58. The maximum atomic E-state index is 12.8. The first-order valence-electron chi connectivity index (χ1n) is 7.31. The van der Waals surface area contributed by atoms with E-state index in [0.29, 0.717) is 5.69 Å². The number of hydrogen-bond donors (Lipinski definition) is 0. The molecule has 0 N–H and O–H groups in total. The van der Waals surface area contributed by atoms with E-state index in [1.54, 1.807) is 11.8 Å². The number of aromatic nitrogens is 1. The third-order valence-electron chi connectivity index (χ3n) is 3.84. The Bertz CT molecular complexity index is 826. The van der Waals surface area contributed by atoms with E-state index in [-0.39, 0.29) is 10.1 Å². The number of alkyl halides is 3. The zero-order chi connectivity index (χ0) is 18.2. The molecule has 3 rings (SSSR count). The molecule has 2 atom stereocenters. The zero-order valence-electron chi connectivity index (χ0n) is 12.9. The van der Waals surface area contributed by atoms with Crippen LogP contribution in [0.1, 0.15) is 24.1 Å². The normalized spacial score (nSPS) is 18.7. The Morgan fingerprint density at radius 2 is 1.92 bits per heavy atom. The molecule has 0 aliphatic carbocycles. The van der Waals surface area contributed by atoms with Gasteiger partial charge in [-0.3, -0.25) is 9.88 Å². The number of hydrogen-bond acceptors (Lipinski definition) is 3. The van der Waals surface area contributed by atoms with Crippen LogP contribution in [0, 0.1) is 0 Å². The van der Waals surface area contributed by atoms with E-state index in [1.165, 1.54) is 0 Å². The van der Waals surface area contributed by atoms with Crippen molar-refractivity contribution in [1.29, 1.82) is 0 Å². The summed E-state index contributed by atoms with van der Waals surface area (Å²) in [5.41, 5.74) is 0.207. The van der Waals surface area contributed by atoms with Gasteiger partial charge in [0.2, 0.25) is 5.11 Å². The average Bonchev–Trinajstić information content (AvgIpc) is 2.95. The Morgan fingerprint density at radius 1 is 1.24 bits per heavy atom. The molecule has 0 amide bonds. The SMILES string of the molecule is CC(c1ncc(C(F)(F)F)cc1Cl)C1N=NC(=S)N1c1ccccc1. The average molecular weight is 385 g/mol. The summed E-state index contributed by atoms with van der Waals surface area (Å²) in [6.07, 6.45) is -4.25. The third-order valence-corrected chi connectivity index (χ3v) is 4.42. The van der Waals surface area contributed by atoms with Crippen molar-refractivity contribution in [2.75, 3.05) is 4.90 Å². The van der Waals surface area contributed by atoms with E-state index in [9.17, 15) is 13.2 Å². The minimum Gasteiger partial charge on any atom is -0.290 e. The molecule has 0 radical (unpaired) electrons. The van der Waals surface area contributed by atoms with E-state index in [0.717, 1.165) is 18.0 Å². The van der Waals surface area contributed by atoms with Gasteiger partial charge in [-0.2, -0.15) is 18.3 Å². The van der Waals surface area contributed by atoms with Gasteiger partial charge in [0.1, 0.15) is 0 Å². The van der Waals surface area contributed by atoms with Gasteiger partial charge in [0.05, 0.1) is 16.3 Å². The molecule has 1 aromatic heterocycles. The minimum atomic E-state index is -4.50. The molecule has 2 aromatic rings. The molecule has 9 heteroatoms. The maximum absolute atomic E-state index is 12.8. The topological polar surface area (TPSA) is 40.9 Å². The number of anilines is 1. The van der Waals surface area contributed by atoms with Crippen LogP contribution in [-0.2, 0) is 6.18 Å². The van der Waals surface area contributed by atoms with Crippen LogP contribution < -0.4 is 4.90 Å². The van der Waals surface area contributed by atoms with Crippen LogP contribution >= 0.6 is 23.8 Å². The quantitative estimate of drug-likeness (QED) is 0.661. The molecule has 0 bridgehead atoms. The maximum Gasteiger partial charge on any atom is 0.417 e. The minimum absolute atomic E-state index is 0.0663. The Balaban J connectivity index is 1.93. The molecule has 1 aromatic carbocycles. The van der Waals surface area contributed by atoms with Gasteiger partial charge < -0.3 is 0 Å². The highest BCUT2D eigenvalue weighted by atomic mass is 35.5. The van der Waals surface area contributed by atoms with Gasteiger partial charge in [-0.15, -0.1) is 5.11 Å². The molecule has 0 saturated carbocycles. The van der Waals surface area contributed by atoms with Crippen molar-refractivity contribution in [3.63, 3.8) is 0 Å².